The van der Waals surface area contributed by atoms with E-state index in [9.17, 15) is 9.59 Å². The lowest BCUT2D eigenvalue weighted by Crippen LogP contribution is -2.52. The highest BCUT2D eigenvalue weighted by molar-refractivity contribution is 6.12. The molecular formula is C29H41N9O2. The molecule has 4 aliphatic rings. The van der Waals surface area contributed by atoms with Gasteiger partial charge in [0, 0.05) is 71.2 Å². The van der Waals surface area contributed by atoms with Crippen molar-refractivity contribution in [1.29, 1.82) is 0 Å². The van der Waals surface area contributed by atoms with Gasteiger partial charge in [-0.1, -0.05) is 19.4 Å². The van der Waals surface area contributed by atoms with Crippen LogP contribution in [0.5, 0.6) is 0 Å². The second-order valence-corrected chi connectivity index (χ2v) is 11.0. The zero-order chi connectivity index (χ0) is 28.2. The van der Waals surface area contributed by atoms with Crippen LogP contribution in [-0.4, -0.2) is 102 Å². The van der Waals surface area contributed by atoms with Crippen LogP contribution in [0.1, 0.15) is 38.5 Å². The van der Waals surface area contributed by atoms with Gasteiger partial charge in [-0.25, -0.2) is 14.8 Å². The van der Waals surface area contributed by atoms with E-state index in [2.05, 4.69) is 21.8 Å². The number of anilines is 2. The first-order valence-corrected chi connectivity index (χ1v) is 14.3. The molecule has 5 rings (SSSR count). The van der Waals surface area contributed by atoms with Crippen molar-refractivity contribution in [2.45, 2.75) is 44.6 Å². The highest BCUT2D eigenvalue weighted by Crippen LogP contribution is 2.34. The summed E-state index contributed by atoms with van der Waals surface area (Å²) in [6.45, 7) is 8.85. The van der Waals surface area contributed by atoms with E-state index < -0.39 is 0 Å². The Hall–Kier alpha value is -4.02. The molecule has 1 aromatic heterocycles. The van der Waals surface area contributed by atoms with Gasteiger partial charge in [-0.3, -0.25) is 4.79 Å². The highest BCUT2D eigenvalue weighted by Gasteiger charge is 2.37. The van der Waals surface area contributed by atoms with Crippen LogP contribution >= 0.6 is 0 Å². The van der Waals surface area contributed by atoms with Crippen molar-refractivity contribution in [1.82, 2.24) is 24.6 Å². The fourth-order valence-corrected chi connectivity index (χ4v) is 5.92. The minimum Gasteiger partial charge on any atom is -0.404 e. The third-order valence-corrected chi connectivity index (χ3v) is 8.09. The molecule has 3 aliphatic heterocycles. The summed E-state index contributed by atoms with van der Waals surface area (Å²) in [5.74, 6) is 1.60. The Balaban J connectivity index is 1.22. The summed E-state index contributed by atoms with van der Waals surface area (Å²) >= 11 is 0. The molecule has 0 spiro atoms. The van der Waals surface area contributed by atoms with Crippen LogP contribution in [-0.2, 0) is 4.79 Å². The Morgan fingerprint density at radius 3 is 2.33 bits per heavy atom. The number of hydrogen-bond acceptors (Lipinski definition) is 7. The molecule has 0 atom stereocenters. The van der Waals surface area contributed by atoms with Crippen LogP contribution in [0.15, 0.2) is 59.3 Å². The summed E-state index contributed by atoms with van der Waals surface area (Å²) in [7, 11) is 3.50. The number of aliphatic imine (C=N–C) groups is 1. The number of likely N-dealkylation sites (tertiary alicyclic amines) is 1. The molecule has 3 fully saturated rings. The van der Waals surface area contributed by atoms with Gasteiger partial charge in [0.1, 0.15) is 23.2 Å². The van der Waals surface area contributed by atoms with Gasteiger partial charge in [-0.2, -0.15) is 0 Å². The number of nitrogens with zero attached hydrogens (tertiary/aromatic N) is 7. The second-order valence-electron chi connectivity index (χ2n) is 11.0. The van der Waals surface area contributed by atoms with Crippen molar-refractivity contribution in [3.8, 4) is 0 Å². The number of carbonyl (C=O) groups excluding carboxylic acids is 2. The zero-order valence-corrected chi connectivity index (χ0v) is 23.7. The fraction of sp³-hybridized carbons (Fsp3) is 0.517. The SMILES string of the molecule is C=C(/N=C1\C(=C/N)C=C(C(=O)N(C)C)N1C1CCCC1)Nc1ccc(N2CCN(C(=O)N3CCCC3)CC2)cn1. The van der Waals surface area contributed by atoms with Gasteiger partial charge in [0.2, 0.25) is 0 Å². The van der Waals surface area contributed by atoms with E-state index in [0.29, 0.717) is 41.8 Å². The number of nitrogens with one attached hydrogen (secondary N) is 1. The van der Waals surface area contributed by atoms with Crippen LogP contribution in [0, 0.1) is 0 Å². The molecule has 4 heterocycles. The third kappa shape index (κ3) is 5.78. The number of pyridine rings is 1. The summed E-state index contributed by atoms with van der Waals surface area (Å²) in [5, 5.41) is 3.19. The van der Waals surface area contributed by atoms with E-state index >= 15 is 0 Å². The van der Waals surface area contributed by atoms with Crippen LogP contribution in [0.3, 0.4) is 0 Å². The third-order valence-electron chi connectivity index (χ3n) is 8.09. The van der Waals surface area contributed by atoms with Crippen molar-refractivity contribution < 1.29 is 9.59 Å². The maximum atomic E-state index is 13.0. The lowest BCUT2D eigenvalue weighted by Gasteiger charge is -2.37. The zero-order valence-electron chi connectivity index (χ0n) is 23.7. The van der Waals surface area contributed by atoms with E-state index in [4.69, 9.17) is 10.7 Å². The normalized spacial score (nSPS) is 21.9. The lowest BCUT2D eigenvalue weighted by molar-refractivity contribution is -0.126. The number of carbonyl (C=O) groups is 2. The molecule has 40 heavy (non-hydrogen) atoms. The van der Waals surface area contributed by atoms with Gasteiger partial charge < -0.3 is 35.6 Å². The predicted molar refractivity (Wildman–Crippen MR) is 158 cm³/mol. The molecule has 214 valence electrons. The predicted octanol–water partition coefficient (Wildman–Crippen LogP) is 2.77. The molecule has 1 saturated carbocycles. The number of piperazine rings is 1. The number of amides is 3. The standard InChI is InChI=1S/C29H41N9O2/c1-21(33-27-22(19-30)18-25(28(39)34(2)3)38(27)23-8-4-5-9-23)32-26-11-10-24(20-31-26)35-14-16-37(17-15-35)29(40)36-12-6-7-13-36/h10-11,18-20,23H,1,4-9,12-17,30H2,2-3H3,(H,31,32)/b22-19-,33-27+. The summed E-state index contributed by atoms with van der Waals surface area (Å²) in [5.41, 5.74) is 8.27. The molecule has 1 aromatic rings. The fourth-order valence-electron chi connectivity index (χ4n) is 5.92. The van der Waals surface area contributed by atoms with Crippen molar-refractivity contribution >= 4 is 29.3 Å². The number of nitrogens with two attached hydrogens (primary N) is 1. The molecule has 3 amide bonds. The van der Waals surface area contributed by atoms with Gasteiger partial charge in [0.25, 0.3) is 5.91 Å². The van der Waals surface area contributed by atoms with Gasteiger partial charge in [-0.15, -0.1) is 0 Å². The van der Waals surface area contributed by atoms with Crippen LogP contribution < -0.4 is 16.0 Å². The van der Waals surface area contributed by atoms with E-state index in [1.807, 2.05) is 39.1 Å². The van der Waals surface area contributed by atoms with Gasteiger partial charge in [0.05, 0.1) is 11.9 Å². The summed E-state index contributed by atoms with van der Waals surface area (Å²) in [6, 6.07) is 4.30. The van der Waals surface area contributed by atoms with Crippen molar-refractivity contribution in [3.05, 3.63) is 54.3 Å². The molecule has 0 radical (unpaired) electrons. The topological polar surface area (TPSA) is 114 Å². The maximum Gasteiger partial charge on any atom is 0.320 e. The molecule has 2 saturated heterocycles. The monoisotopic (exact) mass is 547 g/mol. The van der Waals surface area contributed by atoms with Gasteiger partial charge in [0.15, 0.2) is 0 Å². The van der Waals surface area contributed by atoms with Crippen LogP contribution in [0.25, 0.3) is 0 Å². The minimum atomic E-state index is -0.0754. The molecule has 0 unspecified atom stereocenters. The number of amidine groups is 1. The van der Waals surface area contributed by atoms with Crippen molar-refractivity contribution in [2.24, 2.45) is 10.7 Å². The number of rotatable bonds is 6. The van der Waals surface area contributed by atoms with E-state index in [1.54, 1.807) is 19.0 Å². The average Bonchev–Trinajstić information content (AvgIpc) is 3.74. The largest absolute Gasteiger partial charge is 0.404 e. The lowest BCUT2D eigenvalue weighted by atomic mass is 10.2. The van der Waals surface area contributed by atoms with Gasteiger partial charge >= 0.3 is 6.03 Å². The highest BCUT2D eigenvalue weighted by atomic mass is 16.2. The number of urea groups is 1. The first kappa shape index (κ1) is 27.5. The van der Waals surface area contributed by atoms with Crippen LogP contribution in [0.2, 0.25) is 0 Å². The van der Waals surface area contributed by atoms with Crippen molar-refractivity contribution in [3.63, 3.8) is 0 Å². The molecule has 11 nitrogen and oxygen atoms in total. The minimum absolute atomic E-state index is 0.0754. The molecule has 11 heteroatoms. The Morgan fingerprint density at radius 1 is 1.05 bits per heavy atom. The van der Waals surface area contributed by atoms with E-state index in [-0.39, 0.29) is 18.0 Å². The van der Waals surface area contributed by atoms with Crippen molar-refractivity contribution in [2.75, 3.05) is 63.6 Å². The number of likely N-dealkylation sites (N-methyl/N-ethyl adjacent to an activating group) is 1. The second kappa shape index (κ2) is 12.0. The summed E-state index contributed by atoms with van der Waals surface area (Å²) < 4.78 is 0. The molecule has 0 bridgehead atoms. The Labute approximate surface area is 236 Å². The first-order valence-electron chi connectivity index (χ1n) is 14.3. The quantitative estimate of drug-likeness (QED) is 0.563. The maximum absolute atomic E-state index is 13.0. The Bertz CT molecular complexity index is 1200. The molecular weight excluding hydrogens is 506 g/mol. The molecule has 3 N–H and O–H groups in total. The average molecular weight is 548 g/mol. The smallest absolute Gasteiger partial charge is 0.320 e. The van der Waals surface area contributed by atoms with Crippen LogP contribution in [0.4, 0.5) is 16.3 Å². The molecule has 1 aliphatic carbocycles. The Kier molecular flexibility index (Phi) is 8.27. The number of hydrogen-bond donors (Lipinski definition) is 2. The van der Waals surface area contributed by atoms with E-state index in [0.717, 1.165) is 70.4 Å². The Morgan fingerprint density at radius 2 is 1.73 bits per heavy atom. The van der Waals surface area contributed by atoms with E-state index in [1.165, 1.54) is 6.20 Å². The number of aromatic nitrogens is 1. The first-order chi connectivity index (χ1) is 19.4. The summed E-state index contributed by atoms with van der Waals surface area (Å²) in [6.07, 6.45) is 11.6. The summed E-state index contributed by atoms with van der Waals surface area (Å²) in [4.78, 5) is 44.8. The van der Waals surface area contributed by atoms with Gasteiger partial charge in [-0.05, 0) is 43.9 Å². The molecule has 0 aromatic carbocycles.